The highest BCUT2D eigenvalue weighted by Gasteiger charge is 2.36. The molecule has 20 heavy (non-hydrogen) atoms. The van der Waals surface area contributed by atoms with E-state index in [9.17, 15) is 0 Å². The predicted molar refractivity (Wildman–Crippen MR) is 91.7 cm³/mol. The topological polar surface area (TPSA) is 0 Å². The number of hydrogen-bond donors (Lipinski definition) is 0. The lowest BCUT2D eigenvalue weighted by molar-refractivity contribution is 0.365. The van der Waals surface area contributed by atoms with E-state index in [0.717, 1.165) is 5.92 Å². The van der Waals surface area contributed by atoms with Crippen LogP contribution in [0.4, 0.5) is 0 Å². The van der Waals surface area contributed by atoms with Crippen LogP contribution in [0.2, 0.25) is 13.1 Å². The summed E-state index contributed by atoms with van der Waals surface area (Å²) >= 11 is 6.77. The predicted octanol–water partition coefficient (Wildman–Crippen LogP) is 6.12. The fraction of sp³-hybridized carbons (Fsp3) is 0.556. The van der Waals surface area contributed by atoms with Crippen molar-refractivity contribution < 1.29 is 0 Å². The highest BCUT2D eigenvalue weighted by molar-refractivity contribution is 7.20. The molecule has 108 valence electrons. The van der Waals surface area contributed by atoms with Crippen LogP contribution in [0.3, 0.4) is 0 Å². The van der Waals surface area contributed by atoms with E-state index in [4.69, 9.17) is 11.1 Å². The third-order valence-electron chi connectivity index (χ3n) is 4.98. The highest BCUT2D eigenvalue weighted by Crippen LogP contribution is 2.45. The number of benzene rings is 1. The van der Waals surface area contributed by atoms with Crippen molar-refractivity contribution in [2.75, 3.05) is 0 Å². The van der Waals surface area contributed by atoms with E-state index in [0.29, 0.717) is 5.54 Å². The van der Waals surface area contributed by atoms with Gasteiger partial charge in [-0.25, -0.2) is 0 Å². The molecule has 2 aliphatic carbocycles. The first kappa shape index (κ1) is 14.4. The SMILES string of the molecule is C[Si](C)(Cl)C1C=C(CC2CCCCC2)c2ccccc21. The Kier molecular flexibility index (Phi) is 4.10. The van der Waals surface area contributed by atoms with Gasteiger partial charge in [0.1, 0.15) is 0 Å². The van der Waals surface area contributed by atoms with Gasteiger partial charge in [0.25, 0.3) is 0 Å². The van der Waals surface area contributed by atoms with Crippen molar-refractivity contribution in [3.8, 4) is 0 Å². The Morgan fingerprint density at radius 2 is 1.80 bits per heavy atom. The average molecular weight is 305 g/mol. The number of fused-ring (bicyclic) bond motifs is 1. The minimum Gasteiger partial charge on any atom is -0.167 e. The lowest BCUT2D eigenvalue weighted by Gasteiger charge is -2.22. The summed E-state index contributed by atoms with van der Waals surface area (Å²) in [6.07, 6.45) is 10.9. The molecule has 0 radical (unpaired) electrons. The van der Waals surface area contributed by atoms with Gasteiger partial charge in [-0.15, -0.1) is 0 Å². The Bertz CT molecular complexity index is 506. The zero-order valence-corrected chi connectivity index (χ0v) is 14.4. The van der Waals surface area contributed by atoms with Crippen LogP contribution in [-0.4, -0.2) is 7.38 Å². The van der Waals surface area contributed by atoms with Gasteiger partial charge in [-0.05, 0) is 29.0 Å². The van der Waals surface area contributed by atoms with E-state index in [1.165, 1.54) is 49.7 Å². The van der Waals surface area contributed by atoms with Crippen molar-refractivity contribution in [3.05, 3.63) is 41.5 Å². The van der Waals surface area contributed by atoms with Gasteiger partial charge < -0.3 is 0 Å². The molecule has 0 spiro atoms. The van der Waals surface area contributed by atoms with Crippen LogP contribution in [-0.2, 0) is 0 Å². The third-order valence-corrected chi connectivity index (χ3v) is 7.64. The molecule has 0 nitrogen and oxygen atoms in total. The van der Waals surface area contributed by atoms with Gasteiger partial charge in [0.2, 0.25) is 0 Å². The van der Waals surface area contributed by atoms with E-state index in [1.54, 1.807) is 5.57 Å². The largest absolute Gasteiger partial charge is 0.167 e. The summed E-state index contributed by atoms with van der Waals surface area (Å²) < 4.78 is 0. The van der Waals surface area contributed by atoms with Crippen LogP contribution >= 0.6 is 11.1 Å². The minimum absolute atomic E-state index is 0.499. The van der Waals surface area contributed by atoms with E-state index >= 15 is 0 Å². The smallest absolute Gasteiger partial charge is 0.161 e. The van der Waals surface area contributed by atoms with Gasteiger partial charge in [-0.2, -0.15) is 11.1 Å². The van der Waals surface area contributed by atoms with Gasteiger partial charge in [-0.1, -0.05) is 75.5 Å². The molecule has 1 aromatic rings. The zero-order chi connectivity index (χ0) is 14.2. The Labute approximate surface area is 128 Å². The van der Waals surface area contributed by atoms with E-state index in [2.05, 4.69) is 43.4 Å². The van der Waals surface area contributed by atoms with Crippen LogP contribution in [0.1, 0.15) is 55.2 Å². The number of hydrogen-bond acceptors (Lipinski definition) is 0. The normalized spacial score (nSPS) is 23.6. The number of rotatable bonds is 3. The van der Waals surface area contributed by atoms with Gasteiger partial charge in [0, 0.05) is 5.54 Å². The summed E-state index contributed by atoms with van der Waals surface area (Å²) in [5, 5.41) is 0. The van der Waals surface area contributed by atoms with Crippen molar-refractivity contribution in [1.82, 2.24) is 0 Å². The zero-order valence-electron chi connectivity index (χ0n) is 12.7. The van der Waals surface area contributed by atoms with Gasteiger partial charge in [0.05, 0.1) is 0 Å². The van der Waals surface area contributed by atoms with E-state index in [-0.39, 0.29) is 0 Å². The number of halogens is 1. The summed E-state index contributed by atoms with van der Waals surface area (Å²) in [5.41, 5.74) is 5.06. The summed E-state index contributed by atoms with van der Waals surface area (Å²) in [7, 11) is -1.69. The summed E-state index contributed by atoms with van der Waals surface area (Å²) in [6.45, 7) is 4.55. The molecule has 0 saturated heterocycles. The quantitative estimate of drug-likeness (QED) is 0.466. The summed E-state index contributed by atoms with van der Waals surface area (Å²) in [4.78, 5) is 0. The Hall–Kier alpha value is -0.533. The molecule has 0 amide bonds. The molecule has 1 aromatic carbocycles. The monoisotopic (exact) mass is 304 g/mol. The van der Waals surface area contributed by atoms with E-state index in [1.807, 2.05) is 0 Å². The molecule has 1 atom stereocenters. The molecule has 2 aliphatic rings. The van der Waals surface area contributed by atoms with Gasteiger partial charge >= 0.3 is 0 Å². The van der Waals surface area contributed by atoms with Crippen LogP contribution in [0.25, 0.3) is 5.57 Å². The first-order chi connectivity index (χ1) is 9.55. The van der Waals surface area contributed by atoms with Crippen molar-refractivity contribution >= 4 is 24.0 Å². The van der Waals surface area contributed by atoms with Crippen LogP contribution in [0, 0.1) is 5.92 Å². The molecule has 0 heterocycles. The van der Waals surface area contributed by atoms with Crippen molar-refractivity contribution in [2.24, 2.45) is 5.92 Å². The molecule has 1 fully saturated rings. The Morgan fingerprint density at radius 3 is 2.50 bits per heavy atom. The fourth-order valence-electron chi connectivity index (χ4n) is 3.89. The summed E-state index contributed by atoms with van der Waals surface area (Å²) in [6, 6.07) is 8.95. The van der Waals surface area contributed by atoms with Gasteiger partial charge in [0.15, 0.2) is 7.38 Å². The maximum Gasteiger partial charge on any atom is 0.161 e. The average Bonchev–Trinajstić information content (AvgIpc) is 2.79. The molecule has 1 unspecified atom stereocenters. The second kappa shape index (κ2) is 5.69. The first-order valence-corrected chi connectivity index (χ1v) is 12.1. The second-order valence-electron chi connectivity index (χ2n) is 7.03. The van der Waals surface area contributed by atoms with Crippen molar-refractivity contribution in [2.45, 2.75) is 57.2 Å². The lowest BCUT2D eigenvalue weighted by atomic mass is 9.84. The van der Waals surface area contributed by atoms with E-state index < -0.39 is 7.38 Å². The first-order valence-electron chi connectivity index (χ1n) is 8.04. The van der Waals surface area contributed by atoms with Crippen LogP contribution < -0.4 is 0 Å². The third kappa shape index (κ3) is 2.89. The summed E-state index contributed by atoms with van der Waals surface area (Å²) in [5.74, 6) is 0.905. The lowest BCUT2D eigenvalue weighted by Crippen LogP contribution is -2.25. The second-order valence-corrected chi connectivity index (χ2v) is 13.7. The molecule has 1 saturated carbocycles. The minimum atomic E-state index is -1.69. The molecular formula is C18H25ClSi. The molecular weight excluding hydrogens is 280 g/mol. The number of allylic oxidation sites excluding steroid dienone is 2. The molecule has 2 heteroatoms. The maximum absolute atomic E-state index is 6.77. The highest BCUT2D eigenvalue weighted by atomic mass is 35.6. The Morgan fingerprint density at radius 1 is 1.10 bits per heavy atom. The Balaban J connectivity index is 1.86. The molecule has 0 bridgehead atoms. The van der Waals surface area contributed by atoms with Gasteiger partial charge in [-0.3, -0.25) is 0 Å². The van der Waals surface area contributed by atoms with Crippen molar-refractivity contribution in [1.29, 1.82) is 0 Å². The fourth-order valence-corrected chi connectivity index (χ4v) is 6.02. The van der Waals surface area contributed by atoms with Crippen molar-refractivity contribution in [3.63, 3.8) is 0 Å². The van der Waals surface area contributed by atoms with Crippen LogP contribution in [0.5, 0.6) is 0 Å². The standard InChI is InChI=1S/C18H25ClSi/c1-20(2,19)18-13-15(12-14-8-4-3-5-9-14)16-10-6-7-11-17(16)18/h6-7,10-11,13-14,18H,3-5,8-9,12H2,1-2H3. The van der Waals surface area contributed by atoms with Crippen LogP contribution in [0.15, 0.2) is 30.3 Å². The molecule has 0 aliphatic heterocycles. The molecule has 0 N–H and O–H groups in total. The molecule has 3 rings (SSSR count). The molecule has 0 aromatic heterocycles. The maximum atomic E-state index is 6.77.